The molecule has 0 atom stereocenters. The molecule has 4 heteroatoms. The highest BCUT2D eigenvalue weighted by molar-refractivity contribution is 7.80. The van der Waals surface area contributed by atoms with Gasteiger partial charge in [0.1, 0.15) is 0 Å². The van der Waals surface area contributed by atoms with Crippen molar-refractivity contribution in [3.8, 4) is 0 Å². The van der Waals surface area contributed by atoms with Crippen molar-refractivity contribution in [2.75, 3.05) is 52.8 Å². The molecule has 0 bridgehead atoms. The summed E-state index contributed by atoms with van der Waals surface area (Å²) in [6, 6.07) is 0. The van der Waals surface area contributed by atoms with Gasteiger partial charge >= 0.3 is 0 Å². The maximum absolute atomic E-state index is 5.22. The number of thiol groups is 1. The predicted molar refractivity (Wildman–Crippen MR) is 79.6 cm³/mol. The smallest absolute Gasteiger partial charge is 0.0589 e. The molecule has 0 aliphatic heterocycles. The Morgan fingerprint density at radius 3 is 2.28 bits per heavy atom. The summed E-state index contributed by atoms with van der Waals surface area (Å²) in [6.45, 7) is 4.96. The molecule has 0 saturated heterocycles. The molecule has 1 aliphatic rings. The van der Waals surface area contributed by atoms with Crippen molar-refractivity contribution in [1.29, 1.82) is 0 Å². The topological polar surface area (TPSA) is 21.7 Å². The fourth-order valence-electron chi connectivity index (χ4n) is 2.89. The van der Waals surface area contributed by atoms with Crippen molar-refractivity contribution in [3.05, 3.63) is 0 Å². The molecule has 3 nitrogen and oxygen atoms in total. The van der Waals surface area contributed by atoms with Crippen molar-refractivity contribution >= 4 is 12.6 Å². The van der Waals surface area contributed by atoms with Gasteiger partial charge in [-0.15, -0.1) is 0 Å². The van der Waals surface area contributed by atoms with E-state index in [-0.39, 0.29) is 0 Å². The van der Waals surface area contributed by atoms with Gasteiger partial charge in [-0.3, -0.25) is 0 Å². The van der Waals surface area contributed by atoms with E-state index in [9.17, 15) is 0 Å². The van der Waals surface area contributed by atoms with E-state index in [0.29, 0.717) is 5.41 Å². The zero-order valence-electron chi connectivity index (χ0n) is 12.0. The summed E-state index contributed by atoms with van der Waals surface area (Å²) in [5.41, 5.74) is 0.448. The molecule has 1 rings (SSSR count). The van der Waals surface area contributed by atoms with E-state index >= 15 is 0 Å². The summed E-state index contributed by atoms with van der Waals surface area (Å²) in [6.07, 6.45) is 6.52. The van der Waals surface area contributed by atoms with Crippen molar-refractivity contribution in [2.24, 2.45) is 5.41 Å². The molecule has 1 fully saturated rings. The van der Waals surface area contributed by atoms with Crippen LogP contribution in [0.5, 0.6) is 0 Å². The van der Waals surface area contributed by atoms with E-state index in [1.807, 2.05) is 0 Å². The van der Waals surface area contributed by atoms with Crippen LogP contribution in [0.25, 0.3) is 0 Å². The van der Waals surface area contributed by atoms with Crippen LogP contribution in [-0.2, 0) is 9.47 Å². The Kier molecular flexibility index (Phi) is 8.31. The highest BCUT2D eigenvalue weighted by Gasteiger charge is 2.33. The van der Waals surface area contributed by atoms with Gasteiger partial charge < -0.3 is 14.4 Å². The fraction of sp³-hybridized carbons (Fsp3) is 1.00. The summed E-state index contributed by atoms with van der Waals surface area (Å²) in [5, 5.41) is 0. The first-order valence-electron chi connectivity index (χ1n) is 7.07. The lowest BCUT2D eigenvalue weighted by Gasteiger charge is -2.34. The van der Waals surface area contributed by atoms with Crippen molar-refractivity contribution in [1.82, 2.24) is 4.90 Å². The van der Waals surface area contributed by atoms with E-state index < -0.39 is 0 Å². The molecule has 0 radical (unpaired) electrons. The van der Waals surface area contributed by atoms with Gasteiger partial charge in [-0.2, -0.15) is 12.6 Å². The first-order valence-corrected chi connectivity index (χ1v) is 7.71. The van der Waals surface area contributed by atoms with E-state index in [0.717, 1.165) is 38.5 Å². The average Bonchev–Trinajstić information content (AvgIpc) is 2.85. The number of ether oxygens (including phenoxy) is 2. The van der Waals surface area contributed by atoms with Crippen molar-refractivity contribution in [3.63, 3.8) is 0 Å². The highest BCUT2D eigenvalue weighted by Crippen LogP contribution is 2.39. The molecule has 0 amide bonds. The zero-order chi connectivity index (χ0) is 13.3. The third kappa shape index (κ3) is 5.47. The van der Waals surface area contributed by atoms with Crippen LogP contribution in [0.4, 0.5) is 0 Å². The van der Waals surface area contributed by atoms with Gasteiger partial charge in [-0.05, 0) is 30.4 Å². The molecule has 0 N–H and O–H groups in total. The quantitative estimate of drug-likeness (QED) is 0.489. The highest BCUT2D eigenvalue weighted by atomic mass is 32.1. The monoisotopic (exact) mass is 275 g/mol. The van der Waals surface area contributed by atoms with E-state index in [4.69, 9.17) is 9.47 Å². The largest absolute Gasteiger partial charge is 0.385 e. The van der Waals surface area contributed by atoms with Gasteiger partial charge in [0.05, 0.1) is 6.61 Å². The first-order chi connectivity index (χ1) is 8.76. The second-order valence-corrected chi connectivity index (χ2v) is 5.80. The average molecular weight is 275 g/mol. The standard InChI is InChI=1S/C14H29NO2S/c1-16-10-5-8-15(9-11-17-2)12-14(13-18)6-3-4-7-14/h18H,3-13H2,1-2H3. The molecule has 0 spiro atoms. The molecular weight excluding hydrogens is 246 g/mol. The van der Waals surface area contributed by atoms with Gasteiger partial charge in [0.15, 0.2) is 0 Å². The zero-order valence-corrected chi connectivity index (χ0v) is 12.9. The number of hydrogen-bond donors (Lipinski definition) is 1. The molecule has 0 aromatic rings. The Morgan fingerprint density at radius 1 is 1.06 bits per heavy atom. The van der Waals surface area contributed by atoms with Crippen LogP contribution in [0.15, 0.2) is 0 Å². The third-order valence-electron chi connectivity index (χ3n) is 3.99. The summed E-state index contributed by atoms with van der Waals surface area (Å²) >= 11 is 4.59. The molecule has 1 saturated carbocycles. The Bertz CT molecular complexity index is 208. The van der Waals surface area contributed by atoms with Crippen LogP contribution < -0.4 is 0 Å². The van der Waals surface area contributed by atoms with E-state index in [1.54, 1.807) is 14.2 Å². The molecule has 0 aromatic carbocycles. The van der Waals surface area contributed by atoms with Crippen LogP contribution in [-0.4, -0.2) is 57.7 Å². The minimum Gasteiger partial charge on any atom is -0.385 e. The second-order valence-electron chi connectivity index (χ2n) is 5.48. The lowest BCUT2D eigenvalue weighted by molar-refractivity contribution is 0.104. The second kappa shape index (κ2) is 9.18. The Morgan fingerprint density at radius 2 is 1.72 bits per heavy atom. The maximum Gasteiger partial charge on any atom is 0.0589 e. The van der Waals surface area contributed by atoms with Crippen LogP contribution in [0.1, 0.15) is 32.1 Å². The first kappa shape index (κ1) is 16.3. The van der Waals surface area contributed by atoms with Crippen LogP contribution in [0.3, 0.4) is 0 Å². The fourth-order valence-corrected chi connectivity index (χ4v) is 3.30. The number of nitrogens with zero attached hydrogens (tertiary/aromatic N) is 1. The molecule has 0 heterocycles. The SMILES string of the molecule is COCCCN(CCOC)CC1(CS)CCCC1. The minimum absolute atomic E-state index is 0.448. The third-order valence-corrected chi connectivity index (χ3v) is 4.66. The molecule has 1 aliphatic carbocycles. The van der Waals surface area contributed by atoms with Crippen molar-refractivity contribution < 1.29 is 9.47 Å². The lowest BCUT2D eigenvalue weighted by atomic mass is 9.88. The van der Waals surface area contributed by atoms with Gasteiger partial charge in [0, 0.05) is 40.5 Å². The summed E-state index contributed by atoms with van der Waals surface area (Å²) in [4.78, 5) is 2.53. The van der Waals surface area contributed by atoms with E-state index in [2.05, 4.69) is 17.5 Å². The minimum atomic E-state index is 0.448. The molecule has 0 unspecified atom stereocenters. The van der Waals surface area contributed by atoms with Gasteiger partial charge in [-0.25, -0.2) is 0 Å². The van der Waals surface area contributed by atoms with E-state index in [1.165, 1.54) is 32.2 Å². The van der Waals surface area contributed by atoms with Gasteiger partial charge in [0.25, 0.3) is 0 Å². The van der Waals surface area contributed by atoms with Crippen molar-refractivity contribution in [2.45, 2.75) is 32.1 Å². The van der Waals surface area contributed by atoms with Gasteiger partial charge in [0.2, 0.25) is 0 Å². The summed E-state index contributed by atoms with van der Waals surface area (Å²) in [5.74, 6) is 1.01. The molecule has 108 valence electrons. The number of rotatable bonds is 10. The van der Waals surface area contributed by atoms with Gasteiger partial charge in [-0.1, -0.05) is 12.8 Å². The maximum atomic E-state index is 5.22. The lowest BCUT2D eigenvalue weighted by Crippen LogP contribution is -2.40. The number of hydrogen-bond acceptors (Lipinski definition) is 4. The predicted octanol–water partition coefficient (Wildman–Crippen LogP) is 2.46. The molecule has 18 heavy (non-hydrogen) atoms. The Hall–Kier alpha value is 0.230. The van der Waals surface area contributed by atoms with Crippen LogP contribution >= 0.6 is 12.6 Å². The normalized spacial score (nSPS) is 18.7. The summed E-state index contributed by atoms with van der Waals surface area (Å²) in [7, 11) is 3.54. The molecular formula is C14H29NO2S. The number of methoxy groups -OCH3 is 2. The van der Waals surface area contributed by atoms with Crippen LogP contribution in [0, 0.1) is 5.41 Å². The summed E-state index contributed by atoms with van der Waals surface area (Å²) < 4.78 is 10.4. The van der Waals surface area contributed by atoms with Crippen LogP contribution in [0.2, 0.25) is 0 Å². The molecule has 0 aromatic heterocycles. The Balaban J connectivity index is 2.42. The Labute approximate surface area is 118 Å².